The molecule has 7 heteroatoms. The molecular weight excluding hydrogens is 388 g/mol. The molecule has 0 amide bonds. The van der Waals surface area contributed by atoms with Crippen LogP contribution in [-0.2, 0) is 9.84 Å². The third-order valence-corrected chi connectivity index (χ3v) is 6.35. The highest BCUT2D eigenvalue weighted by Gasteiger charge is 2.16. The fourth-order valence-corrected chi connectivity index (χ4v) is 4.44. The smallest absolute Gasteiger partial charge is 0.248 e. The van der Waals surface area contributed by atoms with E-state index in [4.69, 9.17) is 4.74 Å². The average molecular weight is 408 g/mol. The van der Waals surface area contributed by atoms with Crippen LogP contribution in [0.3, 0.4) is 0 Å². The summed E-state index contributed by atoms with van der Waals surface area (Å²) in [7, 11) is -3.43. The van der Waals surface area contributed by atoms with Crippen LogP contribution in [0, 0.1) is 0 Å². The average Bonchev–Trinajstić information content (AvgIpc) is 2.73. The van der Waals surface area contributed by atoms with E-state index in [9.17, 15) is 13.2 Å². The number of ether oxygens (including phenoxy) is 1. The lowest BCUT2D eigenvalue weighted by atomic mass is 10.2. The lowest BCUT2D eigenvalue weighted by molar-refractivity contribution is 0.310. The molecule has 2 aromatic heterocycles. The highest BCUT2D eigenvalue weighted by Crippen LogP contribution is 2.19. The highest BCUT2D eigenvalue weighted by atomic mass is 32.2. The summed E-state index contributed by atoms with van der Waals surface area (Å²) in [5.41, 5.74) is 1.28. The lowest BCUT2D eigenvalue weighted by Gasteiger charge is -2.08. The van der Waals surface area contributed by atoms with Crippen molar-refractivity contribution >= 4 is 31.6 Å². The topological polar surface area (TPSA) is 89.1 Å². The van der Waals surface area contributed by atoms with Gasteiger partial charge < -0.3 is 9.72 Å². The van der Waals surface area contributed by atoms with Gasteiger partial charge in [0.2, 0.25) is 5.56 Å². The van der Waals surface area contributed by atoms with Gasteiger partial charge in [0, 0.05) is 22.4 Å². The second-order valence-corrected chi connectivity index (χ2v) is 8.84. The van der Waals surface area contributed by atoms with E-state index in [1.165, 1.54) is 6.07 Å². The van der Waals surface area contributed by atoms with Gasteiger partial charge >= 0.3 is 0 Å². The molecule has 0 atom stereocenters. The molecule has 0 bridgehead atoms. The molecular formula is C22H20N2O4S. The van der Waals surface area contributed by atoms with Crippen molar-refractivity contribution in [2.75, 3.05) is 12.4 Å². The zero-order valence-electron chi connectivity index (χ0n) is 15.7. The summed E-state index contributed by atoms with van der Waals surface area (Å²) in [4.78, 5) is 18.4. The number of aromatic nitrogens is 2. The molecule has 0 saturated carbocycles. The van der Waals surface area contributed by atoms with Gasteiger partial charge in [-0.15, -0.1) is 0 Å². The van der Waals surface area contributed by atoms with E-state index in [0.29, 0.717) is 30.7 Å². The van der Waals surface area contributed by atoms with Gasteiger partial charge in [0.25, 0.3) is 0 Å². The summed E-state index contributed by atoms with van der Waals surface area (Å²) in [5, 5.41) is 1.91. The van der Waals surface area contributed by atoms with Crippen LogP contribution in [-0.4, -0.2) is 30.7 Å². The van der Waals surface area contributed by atoms with Crippen molar-refractivity contribution in [3.05, 3.63) is 77.1 Å². The minimum Gasteiger partial charge on any atom is -0.494 e. The van der Waals surface area contributed by atoms with Gasteiger partial charge in [-0.25, -0.2) is 13.4 Å². The number of rotatable bonds is 7. The second-order valence-electron chi connectivity index (χ2n) is 6.79. The number of fused-ring (bicyclic) bond motifs is 2. The van der Waals surface area contributed by atoms with Crippen molar-refractivity contribution in [1.29, 1.82) is 0 Å². The predicted molar refractivity (Wildman–Crippen MR) is 113 cm³/mol. The maximum Gasteiger partial charge on any atom is 0.248 e. The summed E-state index contributed by atoms with van der Waals surface area (Å²) in [6, 6.07) is 19.4. The predicted octanol–water partition coefficient (Wildman–Crippen LogP) is 3.71. The number of H-pyrrole nitrogens is 1. The standard InChI is InChI=1S/C22H20N2O4S/c25-21-11-7-17-15-18(9-10-20(17)23-21)28-13-3-4-14-29(26,27)22-12-8-16-5-1-2-6-19(16)24-22/h1-2,5-12,15H,3-4,13-14H2,(H,23,25). The Kier molecular flexibility index (Phi) is 5.31. The maximum absolute atomic E-state index is 12.6. The molecule has 4 aromatic rings. The van der Waals surface area contributed by atoms with Gasteiger partial charge in [-0.05, 0) is 55.3 Å². The van der Waals surface area contributed by atoms with Gasteiger partial charge in [-0.3, -0.25) is 4.79 Å². The largest absolute Gasteiger partial charge is 0.494 e. The number of unbranched alkanes of at least 4 members (excludes halogenated alkanes) is 1. The Bertz CT molecular complexity index is 1330. The van der Waals surface area contributed by atoms with Crippen molar-refractivity contribution in [3.63, 3.8) is 0 Å². The molecule has 0 fully saturated rings. The number of pyridine rings is 2. The fourth-order valence-electron chi connectivity index (χ4n) is 3.13. The van der Waals surface area contributed by atoms with Gasteiger partial charge in [0.05, 0.1) is 17.9 Å². The summed E-state index contributed by atoms with van der Waals surface area (Å²) in [5.74, 6) is 0.712. The van der Waals surface area contributed by atoms with Crippen LogP contribution in [0.5, 0.6) is 5.75 Å². The van der Waals surface area contributed by atoms with E-state index < -0.39 is 9.84 Å². The third-order valence-electron chi connectivity index (χ3n) is 4.66. The maximum atomic E-state index is 12.6. The number of aromatic amines is 1. The van der Waals surface area contributed by atoms with E-state index in [-0.39, 0.29) is 16.3 Å². The molecule has 0 aliphatic heterocycles. The molecule has 0 saturated heterocycles. The lowest BCUT2D eigenvalue weighted by Crippen LogP contribution is -2.10. The molecule has 2 heterocycles. The van der Waals surface area contributed by atoms with Crippen LogP contribution >= 0.6 is 0 Å². The van der Waals surface area contributed by atoms with Gasteiger partial charge in [-0.2, -0.15) is 0 Å². The van der Waals surface area contributed by atoms with Crippen molar-refractivity contribution < 1.29 is 13.2 Å². The van der Waals surface area contributed by atoms with E-state index in [1.807, 2.05) is 24.3 Å². The first kappa shape index (κ1) is 19.1. The molecule has 0 spiro atoms. The van der Waals surface area contributed by atoms with Crippen LogP contribution in [0.2, 0.25) is 0 Å². The molecule has 0 radical (unpaired) electrons. The van der Waals surface area contributed by atoms with Crippen LogP contribution in [0.15, 0.2) is 76.6 Å². The summed E-state index contributed by atoms with van der Waals surface area (Å²) >= 11 is 0. The zero-order chi connectivity index (χ0) is 20.3. The van der Waals surface area contributed by atoms with Crippen molar-refractivity contribution in [2.24, 2.45) is 0 Å². The molecule has 0 aliphatic carbocycles. The Hall–Kier alpha value is -3.19. The number of hydrogen-bond acceptors (Lipinski definition) is 5. The van der Waals surface area contributed by atoms with Gasteiger partial charge in [-0.1, -0.05) is 18.2 Å². The molecule has 2 aromatic carbocycles. The number of sulfone groups is 1. The van der Waals surface area contributed by atoms with Gasteiger partial charge in [0.1, 0.15) is 5.75 Å². The van der Waals surface area contributed by atoms with Crippen LogP contribution in [0.4, 0.5) is 0 Å². The van der Waals surface area contributed by atoms with Crippen molar-refractivity contribution in [3.8, 4) is 5.75 Å². The SMILES string of the molecule is O=c1ccc2cc(OCCCCS(=O)(=O)c3ccc4ccccc4n3)ccc2[nH]1. The van der Waals surface area contributed by atoms with Crippen LogP contribution in [0.1, 0.15) is 12.8 Å². The van der Waals surface area contributed by atoms with Crippen molar-refractivity contribution in [1.82, 2.24) is 9.97 Å². The number of nitrogens with zero attached hydrogens (tertiary/aromatic N) is 1. The normalized spacial score (nSPS) is 11.7. The fraction of sp³-hybridized carbons (Fsp3) is 0.182. The second kappa shape index (κ2) is 8.05. The minimum atomic E-state index is -3.43. The Labute approximate surface area is 168 Å². The van der Waals surface area contributed by atoms with E-state index in [1.54, 1.807) is 36.4 Å². The number of nitrogens with one attached hydrogen (secondary N) is 1. The van der Waals surface area contributed by atoms with Crippen LogP contribution in [0.25, 0.3) is 21.8 Å². The Morgan fingerprint density at radius 1 is 0.897 bits per heavy atom. The summed E-state index contributed by atoms with van der Waals surface area (Å²) in [6.45, 7) is 0.412. The van der Waals surface area contributed by atoms with E-state index in [2.05, 4.69) is 9.97 Å². The van der Waals surface area contributed by atoms with Crippen molar-refractivity contribution in [2.45, 2.75) is 17.9 Å². The molecule has 29 heavy (non-hydrogen) atoms. The number of para-hydroxylation sites is 1. The first-order valence-electron chi connectivity index (χ1n) is 9.36. The molecule has 148 valence electrons. The van der Waals surface area contributed by atoms with E-state index >= 15 is 0 Å². The molecule has 4 rings (SSSR count). The quantitative estimate of drug-likeness (QED) is 0.471. The Morgan fingerprint density at radius 3 is 2.62 bits per heavy atom. The molecule has 0 unspecified atom stereocenters. The number of hydrogen-bond donors (Lipinski definition) is 1. The zero-order valence-corrected chi connectivity index (χ0v) is 16.5. The third kappa shape index (κ3) is 4.46. The first-order chi connectivity index (χ1) is 14.0. The van der Waals surface area contributed by atoms with Crippen LogP contribution < -0.4 is 10.3 Å². The highest BCUT2D eigenvalue weighted by molar-refractivity contribution is 7.91. The number of benzene rings is 2. The summed E-state index contributed by atoms with van der Waals surface area (Å²) < 4.78 is 30.8. The Morgan fingerprint density at radius 2 is 1.72 bits per heavy atom. The monoisotopic (exact) mass is 408 g/mol. The Balaban J connectivity index is 1.32. The summed E-state index contributed by atoms with van der Waals surface area (Å²) in [6.07, 6.45) is 1.09. The molecule has 0 aliphatic rings. The van der Waals surface area contributed by atoms with Gasteiger partial charge in [0.15, 0.2) is 14.9 Å². The molecule has 6 nitrogen and oxygen atoms in total. The first-order valence-corrected chi connectivity index (χ1v) is 11.0. The molecule has 1 N–H and O–H groups in total. The minimum absolute atomic E-state index is 0.0284. The van der Waals surface area contributed by atoms with E-state index in [0.717, 1.165) is 16.3 Å².